The van der Waals surface area contributed by atoms with E-state index in [1.807, 2.05) is 0 Å². The molecule has 2 fully saturated rings. The zero-order chi connectivity index (χ0) is 31.1. The Bertz CT molecular complexity index is 1580. The number of benzene rings is 2. The van der Waals surface area contributed by atoms with Gasteiger partial charge in [0.15, 0.2) is 0 Å². The molecule has 0 spiro atoms. The summed E-state index contributed by atoms with van der Waals surface area (Å²) in [5, 5.41) is 2.47. The Balaban J connectivity index is 1.52. The number of alkyl halides is 3. The molecule has 1 N–H and O–H groups in total. The number of anilines is 1. The van der Waals surface area contributed by atoms with Gasteiger partial charge in [0.1, 0.15) is 34.9 Å². The third-order valence-electron chi connectivity index (χ3n) is 7.47. The molecule has 2 aliphatic heterocycles. The molecule has 3 atom stereocenters. The third kappa shape index (κ3) is 6.05. The van der Waals surface area contributed by atoms with Crippen molar-refractivity contribution in [3.63, 3.8) is 0 Å². The van der Waals surface area contributed by atoms with Crippen LogP contribution in [0.5, 0.6) is 11.5 Å². The average Bonchev–Trinajstić information content (AvgIpc) is 3.57. The molecule has 0 aliphatic carbocycles. The van der Waals surface area contributed by atoms with E-state index in [1.54, 1.807) is 19.2 Å². The van der Waals surface area contributed by atoms with Crippen molar-refractivity contribution < 1.29 is 45.8 Å². The molecule has 14 heteroatoms. The molecule has 3 aromatic rings. The van der Waals surface area contributed by atoms with Crippen molar-refractivity contribution >= 4 is 17.5 Å². The van der Waals surface area contributed by atoms with Gasteiger partial charge >= 0.3 is 6.36 Å². The summed E-state index contributed by atoms with van der Waals surface area (Å²) in [6, 6.07) is 5.61. The lowest BCUT2D eigenvalue weighted by molar-refractivity contribution is -0.274. The van der Waals surface area contributed by atoms with Crippen LogP contribution < -0.4 is 25.2 Å². The molecular weight excluding hydrogens is 581 g/mol. The number of nitrogens with one attached hydrogen (secondary N) is 1. The van der Waals surface area contributed by atoms with E-state index >= 15 is 8.78 Å². The van der Waals surface area contributed by atoms with Crippen molar-refractivity contribution in [2.45, 2.75) is 37.7 Å². The van der Waals surface area contributed by atoms with E-state index in [2.05, 4.69) is 10.1 Å². The molecule has 9 nitrogen and oxygen atoms in total. The van der Waals surface area contributed by atoms with Crippen molar-refractivity contribution in [3.05, 3.63) is 87.3 Å². The fourth-order valence-electron chi connectivity index (χ4n) is 5.41. The molecule has 5 rings (SSSR count). The van der Waals surface area contributed by atoms with Crippen LogP contribution in [0.25, 0.3) is 0 Å². The number of nitrogens with zero attached hydrogens (tertiary/aromatic N) is 2. The summed E-state index contributed by atoms with van der Waals surface area (Å²) >= 11 is 0. The van der Waals surface area contributed by atoms with Crippen LogP contribution >= 0.6 is 0 Å². The number of pyridine rings is 1. The van der Waals surface area contributed by atoms with Crippen LogP contribution in [-0.4, -0.2) is 55.7 Å². The molecule has 1 aromatic heterocycles. The molecule has 2 aliphatic rings. The fourth-order valence-corrected chi connectivity index (χ4v) is 5.41. The van der Waals surface area contributed by atoms with Gasteiger partial charge in [-0.05, 0) is 49.2 Å². The maximum absolute atomic E-state index is 15.3. The van der Waals surface area contributed by atoms with Gasteiger partial charge in [-0.1, -0.05) is 0 Å². The van der Waals surface area contributed by atoms with Crippen LogP contribution in [0.3, 0.4) is 0 Å². The van der Waals surface area contributed by atoms with Crippen LogP contribution in [0.1, 0.15) is 39.9 Å². The molecule has 0 radical (unpaired) electrons. The summed E-state index contributed by atoms with van der Waals surface area (Å²) in [6.07, 6.45) is -2.78. The molecular formula is C29H26F5N3O6. The number of ether oxygens (including phenoxy) is 3. The van der Waals surface area contributed by atoms with Crippen molar-refractivity contribution in [2.75, 3.05) is 31.8 Å². The predicted molar refractivity (Wildman–Crippen MR) is 142 cm³/mol. The van der Waals surface area contributed by atoms with Gasteiger partial charge in [-0.2, -0.15) is 0 Å². The van der Waals surface area contributed by atoms with E-state index in [0.717, 1.165) is 41.3 Å². The zero-order valence-corrected chi connectivity index (χ0v) is 22.9. The Morgan fingerprint density at radius 3 is 2.30 bits per heavy atom. The summed E-state index contributed by atoms with van der Waals surface area (Å²) in [4.78, 5) is 41.8. The highest BCUT2D eigenvalue weighted by molar-refractivity contribution is 6.05. The number of carbonyl (C=O) groups is 2. The first-order chi connectivity index (χ1) is 20.4. The van der Waals surface area contributed by atoms with Crippen molar-refractivity contribution in [3.8, 4) is 11.5 Å². The van der Waals surface area contributed by atoms with Crippen LogP contribution in [0, 0.1) is 18.6 Å². The lowest BCUT2D eigenvalue weighted by Gasteiger charge is -2.21. The molecule has 2 amide bonds. The standard InChI is InChI=1S/C29H26F5N3O6/c1-15-7-9-36(17-8-10-42-14-17)28(40)25(15)37-13-20(23-21(30)11-19(41-2)12-22(23)31)24(27(37)39)35-26(38)16-3-5-18(6-4-16)43-29(32,33)34/h3-7,9,11-12,17,20,24H,8,10,13-14H2,1-2H3,(H,35,38)/t17?,20-,24-/m0/s1. The first-order valence-corrected chi connectivity index (χ1v) is 13.2. The van der Waals surface area contributed by atoms with Gasteiger partial charge in [0.05, 0.1) is 19.8 Å². The number of halogens is 5. The second kappa shape index (κ2) is 11.7. The largest absolute Gasteiger partial charge is 0.573 e. The monoisotopic (exact) mass is 607 g/mol. The van der Waals surface area contributed by atoms with Crippen molar-refractivity contribution in [1.29, 1.82) is 0 Å². The van der Waals surface area contributed by atoms with Crippen LogP contribution in [-0.2, 0) is 9.53 Å². The minimum absolute atomic E-state index is 0.0101. The van der Waals surface area contributed by atoms with Gasteiger partial charge in [-0.25, -0.2) is 8.78 Å². The topological polar surface area (TPSA) is 99.1 Å². The van der Waals surface area contributed by atoms with Gasteiger partial charge in [-0.15, -0.1) is 13.2 Å². The molecule has 2 aromatic carbocycles. The Morgan fingerprint density at radius 1 is 1.05 bits per heavy atom. The van der Waals surface area contributed by atoms with Gasteiger partial charge in [0.2, 0.25) is 5.91 Å². The number of rotatable bonds is 7. The molecule has 1 unspecified atom stereocenters. The summed E-state index contributed by atoms with van der Waals surface area (Å²) in [5.74, 6) is -5.74. The third-order valence-corrected chi connectivity index (χ3v) is 7.47. The maximum Gasteiger partial charge on any atom is 0.573 e. The fraction of sp³-hybridized carbons (Fsp3) is 0.345. The van der Waals surface area contributed by atoms with E-state index in [1.165, 1.54) is 11.7 Å². The quantitative estimate of drug-likeness (QED) is 0.404. The molecule has 0 bridgehead atoms. The van der Waals surface area contributed by atoms with Crippen molar-refractivity contribution in [1.82, 2.24) is 9.88 Å². The van der Waals surface area contributed by atoms with E-state index in [4.69, 9.17) is 9.47 Å². The van der Waals surface area contributed by atoms with E-state index < -0.39 is 58.6 Å². The minimum Gasteiger partial charge on any atom is -0.497 e. The molecule has 228 valence electrons. The van der Waals surface area contributed by atoms with Crippen LogP contribution in [0.2, 0.25) is 0 Å². The Labute approximate surface area is 241 Å². The van der Waals surface area contributed by atoms with E-state index in [9.17, 15) is 27.6 Å². The van der Waals surface area contributed by atoms with E-state index in [-0.39, 0.29) is 29.6 Å². The van der Waals surface area contributed by atoms with Crippen LogP contribution in [0.15, 0.2) is 53.5 Å². The number of aromatic nitrogens is 1. The number of amides is 2. The van der Waals surface area contributed by atoms with Crippen molar-refractivity contribution in [2.24, 2.45) is 0 Å². The average molecular weight is 608 g/mol. The first kappa shape index (κ1) is 30.0. The normalized spacial score (nSPS) is 20.4. The lowest BCUT2D eigenvalue weighted by atomic mass is 9.92. The lowest BCUT2D eigenvalue weighted by Crippen LogP contribution is -2.45. The smallest absolute Gasteiger partial charge is 0.497 e. The summed E-state index contributed by atoms with van der Waals surface area (Å²) in [7, 11) is 1.22. The number of aryl methyl sites for hydroxylation is 1. The predicted octanol–water partition coefficient (Wildman–Crippen LogP) is 4.23. The number of carbonyl (C=O) groups excluding carboxylic acids is 2. The highest BCUT2D eigenvalue weighted by Gasteiger charge is 2.46. The second-order valence-corrected chi connectivity index (χ2v) is 10.2. The number of methoxy groups -OCH3 is 1. The molecule has 43 heavy (non-hydrogen) atoms. The Kier molecular flexibility index (Phi) is 8.14. The molecule has 3 heterocycles. The number of hydrogen-bond acceptors (Lipinski definition) is 6. The van der Waals surface area contributed by atoms with Gasteiger partial charge in [-0.3, -0.25) is 14.4 Å². The summed E-state index contributed by atoms with van der Waals surface area (Å²) in [6.45, 7) is 2.01. The number of hydrogen-bond donors (Lipinski definition) is 1. The SMILES string of the molecule is COc1cc(F)c([C@@H]2CN(c3c(C)ccn(C4CCOC4)c3=O)C(=O)[C@H]2NC(=O)c2ccc(OC(F)(F)F)cc2)c(F)c1. The first-order valence-electron chi connectivity index (χ1n) is 13.2. The summed E-state index contributed by atoms with van der Waals surface area (Å²) < 4.78 is 83.8. The second-order valence-electron chi connectivity index (χ2n) is 10.2. The van der Waals surface area contributed by atoms with Gasteiger partial charge in [0.25, 0.3) is 11.5 Å². The van der Waals surface area contributed by atoms with Crippen LogP contribution in [0.4, 0.5) is 27.6 Å². The van der Waals surface area contributed by atoms with Gasteiger partial charge in [0, 0.05) is 48.5 Å². The van der Waals surface area contributed by atoms with Gasteiger partial charge < -0.3 is 29.0 Å². The molecule has 0 saturated carbocycles. The Morgan fingerprint density at radius 2 is 1.72 bits per heavy atom. The minimum atomic E-state index is -4.94. The molecule has 2 saturated heterocycles. The zero-order valence-electron chi connectivity index (χ0n) is 22.9. The highest BCUT2D eigenvalue weighted by Crippen LogP contribution is 2.37. The van der Waals surface area contributed by atoms with E-state index in [0.29, 0.717) is 25.2 Å². The Hall–Kier alpha value is -4.46. The summed E-state index contributed by atoms with van der Waals surface area (Å²) in [5.41, 5.74) is -0.742. The maximum atomic E-state index is 15.3. The highest BCUT2D eigenvalue weighted by atomic mass is 19.4.